The molecule has 242 valence electrons. The van der Waals surface area contributed by atoms with Crippen molar-refractivity contribution in [3.05, 3.63) is 22.8 Å². The number of amides is 1. The number of rotatable bonds is 16. The summed E-state index contributed by atoms with van der Waals surface area (Å²) in [4.78, 5) is 12.8. The minimum absolute atomic E-state index is 0.00122. The Balaban J connectivity index is 1.84. The van der Waals surface area contributed by atoms with Gasteiger partial charge in [0.1, 0.15) is 17.1 Å². The molecule has 2 rings (SSSR count). The second-order valence-corrected chi connectivity index (χ2v) is 16.7. The van der Waals surface area contributed by atoms with Crippen LogP contribution in [0, 0.1) is 42.4 Å². The van der Waals surface area contributed by atoms with Crippen molar-refractivity contribution in [3.8, 4) is 11.5 Å². The van der Waals surface area contributed by atoms with Crippen LogP contribution in [0.25, 0.3) is 0 Å². The molecular weight excluding hydrogens is 518 g/mol. The summed E-state index contributed by atoms with van der Waals surface area (Å²) < 4.78 is 12.6. The van der Waals surface area contributed by atoms with E-state index in [4.69, 9.17) is 9.47 Å². The Kier molecular flexibility index (Phi) is 13.8. The molecule has 1 aromatic rings. The van der Waals surface area contributed by atoms with E-state index in [1.165, 1.54) is 56.9 Å². The van der Waals surface area contributed by atoms with Crippen molar-refractivity contribution in [2.45, 2.75) is 166 Å². The lowest BCUT2D eigenvalue weighted by atomic mass is 9.76. The molecule has 4 nitrogen and oxygen atoms in total. The van der Waals surface area contributed by atoms with E-state index in [9.17, 15) is 4.79 Å². The van der Waals surface area contributed by atoms with Crippen molar-refractivity contribution in [3.63, 3.8) is 0 Å². The number of carbonyl (C=O) groups is 1. The van der Waals surface area contributed by atoms with Crippen molar-refractivity contribution in [1.82, 2.24) is 5.32 Å². The lowest BCUT2D eigenvalue weighted by molar-refractivity contribution is 0.0520. The van der Waals surface area contributed by atoms with Crippen LogP contribution < -0.4 is 14.8 Å². The van der Waals surface area contributed by atoms with Gasteiger partial charge in [-0.15, -0.1) is 0 Å². The quantitative estimate of drug-likeness (QED) is 0.210. The van der Waals surface area contributed by atoms with Gasteiger partial charge in [-0.1, -0.05) is 107 Å². The van der Waals surface area contributed by atoms with E-state index >= 15 is 0 Å². The Morgan fingerprint density at radius 3 is 2.10 bits per heavy atom. The molecule has 0 spiro atoms. The summed E-state index contributed by atoms with van der Waals surface area (Å²) in [6.07, 6.45) is 14.4. The van der Waals surface area contributed by atoms with Crippen LogP contribution in [0.4, 0.5) is 4.79 Å². The second kappa shape index (κ2) is 15.8. The minimum Gasteiger partial charge on any atom is -0.487 e. The summed E-state index contributed by atoms with van der Waals surface area (Å²) in [6.45, 7) is 27.6. The molecule has 0 saturated heterocycles. The molecule has 3 unspecified atom stereocenters. The van der Waals surface area contributed by atoms with Crippen LogP contribution in [0.5, 0.6) is 11.5 Å². The first kappa shape index (κ1) is 36.5. The van der Waals surface area contributed by atoms with Gasteiger partial charge in [0.2, 0.25) is 0 Å². The number of aryl methyl sites for hydroxylation is 1. The first-order valence-electron chi connectivity index (χ1n) is 17.2. The molecular formula is C38H67NO3. The van der Waals surface area contributed by atoms with Gasteiger partial charge >= 0.3 is 6.09 Å². The van der Waals surface area contributed by atoms with Crippen LogP contribution in [-0.2, 0) is 6.42 Å². The average Bonchev–Trinajstić information content (AvgIpc) is 2.83. The summed E-state index contributed by atoms with van der Waals surface area (Å²) >= 11 is 0. The van der Waals surface area contributed by atoms with Crippen LogP contribution in [0.3, 0.4) is 0 Å². The zero-order chi connectivity index (χ0) is 31.7. The number of carbonyl (C=O) groups excluding carboxylic acids is 1. The SMILES string of the molecule is Cc1cc2c(c(C)c1OC(=O)NCC(C)(C)CC(C)(C)C)CCC(C)(CCCC(C)CCCC(C)CCCC(C)C)O2. The van der Waals surface area contributed by atoms with E-state index in [-0.39, 0.29) is 22.5 Å². The normalized spacial score (nSPS) is 18.8. The van der Waals surface area contributed by atoms with Gasteiger partial charge in [0.25, 0.3) is 0 Å². The van der Waals surface area contributed by atoms with E-state index in [1.807, 2.05) is 6.92 Å². The second-order valence-electron chi connectivity index (χ2n) is 16.7. The van der Waals surface area contributed by atoms with Crippen molar-refractivity contribution >= 4 is 6.09 Å². The molecule has 1 amide bonds. The Morgan fingerprint density at radius 2 is 1.52 bits per heavy atom. The van der Waals surface area contributed by atoms with Crippen molar-refractivity contribution in [2.24, 2.45) is 28.6 Å². The van der Waals surface area contributed by atoms with Gasteiger partial charge in [-0.05, 0) is 98.7 Å². The number of benzene rings is 1. The molecule has 1 N–H and O–H groups in total. The van der Waals surface area contributed by atoms with E-state index < -0.39 is 0 Å². The van der Waals surface area contributed by atoms with Crippen LogP contribution >= 0.6 is 0 Å². The number of nitrogens with one attached hydrogen (secondary N) is 1. The highest BCUT2D eigenvalue weighted by atomic mass is 16.6. The summed E-state index contributed by atoms with van der Waals surface area (Å²) in [5.74, 6) is 4.12. The molecule has 1 aromatic carbocycles. The van der Waals surface area contributed by atoms with E-state index in [0.717, 1.165) is 60.3 Å². The van der Waals surface area contributed by atoms with Gasteiger partial charge in [0, 0.05) is 12.1 Å². The summed E-state index contributed by atoms with van der Waals surface area (Å²) in [5.41, 5.74) is 3.24. The smallest absolute Gasteiger partial charge is 0.412 e. The molecule has 42 heavy (non-hydrogen) atoms. The third kappa shape index (κ3) is 12.9. The van der Waals surface area contributed by atoms with Crippen LogP contribution in [0.1, 0.15) is 157 Å². The zero-order valence-electron chi connectivity index (χ0n) is 29.7. The van der Waals surface area contributed by atoms with Crippen LogP contribution in [0.2, 0.25) is 0 Å². The average molecular weight is 586 g/mol. The fraction of sp³-hybridized carbons (Fsp3) is 0.816. The van der Waals surface area contributed by atoms with E-state index in [2.05, 4.69) is 87.5 Å². The summed E-state index contributed by atoms with van der Waals surface area (Å²) in [7, 11) is 0. The highest BCUT2D eigenvalue weighted by Gasteiger charge is 2.33. The highest BCUT2D eigenvalue weighted by Crippen LogP contribution is 2.42. The Labute approximate surface area is 260 Å². The van der Waals surface area contributed by atoms with Crippen LogP contribution in [0.15, 0.2) is 6.07 Å². The Morgan fingerprint density at radius 1 is 0.952 bits per heavy atom. The monoisotopic (exact) mass is 586 g/mol. The molecule has 0 saturated carbocycles. The fourth-order valence-electron chi connectivity index (χ4n) is 7.15. The van der Waals surface area contributed by atoms with Gasteiger partial charge < -0.3 is 14.8 Å². The van der Waals surface area contributed by atoms with Gasteiger partial charge in [0.05, 0.1) is 0 Å². The zero-order valence-corrected chi connectivity index (χ0v) is 29.7. The first-order valence-corrected chi connectivity index (χ1v) is 17.2. The van der Waals surface area contributed by atoms with E-state index in [0.29, 0.717) is 12.3 Å². The summed E-state index contributed by atoms with van der Waals surface area (Å²) in [6, 6.07) is 2.08. The molecule has 0 fully saturated rings. The van der Waals surface area contributed by atoms with Crippen molar-refractivity contribution < 1.29 is 14.3 Å². The molecule has 0 aliphatic carbocycles. The third-order valence-electron chi connectivity index (χ3n) is 9.25. The highest BCUT2D eigenvalue weighted by molar-refractivity contribution is 5.72. The Hall–Kier alpha value is -1.71. The van der Waals surface area contributed by atoms with Crippen LogP contribution in [-0.4, -0.2) is 18.2 Å². The van der Waals surface area contributed by atoms with Gasteiger partial charge in [-0.3, -0.25) is 0 Å². The lowest BCUT2D eigenvalue weighted by Gasteiger charge is -2.37. The van der Waals surface area contributed by atoms with Gasteiger partial charge in [0.15, 0.2) is 0 Å². The predicted octanol–water partition coefficient (Wildman–Crippen LogP) is 11.4. The molecule has 3 atom stereocenters. The van der Waals surface area contributed by atoms with E-state index in [1.54, 1.807) is 0 Å². The maximum Gasteiger partial charge on any atom is 0.412 e. The maximum atomic E-state index is 12.8. The predicted molar refractivity (Wildman–Crippen MR) is 180 cm³/mol. The molecule has 1 aliphatic rings. The third-order valence-corrected chi connectivity index (χ3v) is 9.25. The molecule has 0 radical (unpaired) electrons. The fourth-order valence-corrected chi connectivity index (χ4v) is 7.15. The summed E-state index contributed by atoms with van der Waals surface area (Å²) in [5, 5.41) is 3.01. The number of hydrogen-bond acceptors (Lipinski definition) is 3. The first-order chi connectivity index (χ1) is 19.4. The lowest BCUT2D eigenvalue weighted by Crippen LogP contribution is -2.38. The molecule has 0 bridgehead atoms. The molecule has 0 aromatic heterocycles. The molecule has 4 heteroatoms. The minimum atomic E-state index is -0.376. The molecule has 1 aliphatic heterocycles. The number of hydrogen-bond donors (Lipinski definition) is 1. The number of ether oxygens (including phenoxy) is 2. The number of fused-ring (bicyclic) bond motifs is 1. The van der Waals surface area contributed by atoms with Gasteiger partial charge in [-0.2, -0.15) is 0 Å². The largest absolute Gasteiger partial charge is 0.487 e. The topological polar surface area (TPSA) is 47.6 Å². The maximum absolute atomic E-state index is 12.8. The standard InChI is InChI=1S/C38H67NO3/c1-27(2)16-13-17-28(3)18-14-19-29(4)20-15-22-38(12)23-21-32-31(6)34(30(5)24-33(32)42-38)41-35(40)39-26-37(10,11)25-36(7,8)9/h24,27-29H,13-23,25-26H2,1-12H3,(H,39,40). The molecule has 1 heterocycles. The van der Waals surface area contributed by atoms with Gasteiger partial charge in [-0.25, -0.2) is 4.79 Å². The van der Waals surface area contributed by atoms with Crippen molar-refractivity contribution in [2.75, 3.05) is 6.54 Å². The van der Waals surface area contributed by atoms with Crippen molar-refractivity contribution in [1.29, 1.82) is 0 Å². The Bertz CT molecular complexity index is 989.